The number of amides is 1. The highest BCUT2D eigenvalue weighted by Crippen LogP contribution is 2.17. The Balaban J connectivity index is 1.69. The summed E-state index contributed by atoms with van der Waals surface area (Å²) in [4.78, 5) is 27.6. The summed E-state index contributed by atoms with van der Waals surface area (Å²) in [6.07, 6.45) is 2.48. The van der Waals surface area contributed by atoms with Gasteiger partial charge in [0.05, 0.1) is 18.7 Å². The van der Waals surface area contributed by atoms with Crippen LogP contribution >= 0.6 is 11.6 Å². The minimum atomic E-state index is -0.332. The third kappa shape index (κ3) is 4.26. The number of nitrogens with one attached hydrogen (secondary N) is 1. The monoisotopic (exact) mass is 377 g/mol. The van der Waals surface area contributed by atoms with Crippen LogP contribution in [0.5, 0.6) is 0 Å². The highest BCUT2D eigenvalue weighted by molar-refractivity contribution is 6.31. The predicted molar refractivity (Wildman–Crippen MR) is 103 cm³/mol. The lowest BCUT2D eigenvalue weighted by atomic mass is 10.1. The summed E-state index contributed by atoms with van der Waals surface area (Å²) >= 11 is 6.03. The topological polar surface area (TPSA) is 63.6 Å². The number of carbonyl (C=O) groups is 1. The molecule has 1 saturated heterocycles. The Morgan fingerprint density at radius 3 is 2.81 bits per heavy atom. The average Bonchev–Trinajstić information content (AvgIpc) is 2.66. The first-order valence-corrected chi connectivity index (χ1v) is 9.39. The van der Waals surface area contributed by atoms with E-state index in [9.17, 15) is 9.59 Å². The second kappa shape index (κ2) is 8.66. The largest absolute Gasteiger partial charge is 0.379 e. The lowest BCUT2D eigenvalue weighted by Gasteiger charge is -2.26. The molecule has 1 N–H and O–H groups in total. The molecule has 0 unspecified atom stereocenters. The van der Waals surface area contributed by atoms with Gasteiger partial charge in [-0.3, -0.25) is 14.5 Å². The van der Waals surface area contributed by atoms with E-state index < -0.39 is 0 Å². The minimum Gasteiger partial charge on any atom is -0.379 e. The zero-order valence-corrected chi connectivity index (χ0v) is 15.7. The number of halogens is 1. The predicted octanol–water partition coefficient (Wildman–Crippen LogP) is 2.13. The van der Waals surface area contributed by atoms with Crippen LogP contribution in [0.3, 0.4) is 0 Å². The Kier molecular flexibility index (Phi) is 6.29. The fraction of sp³-hybridized carbons (Fsp3) is 0.474. The van der Waals surface area contributed by atoms with E-state index in [0.717, 1.165) is 44.8 Å². The van der Waals surface area contributed by atoms with Crippen molar-refractivity contribution in [2.45, 2.75) is 19.9 Å². The Hall–Kier alpha value is -1.89. The van der Waals surface area contributed by atoms with Gasteiger partial charge >= 0.3 is 0 Å². The number of aryl methyl sites for hydroxylation is 1. The number of morpholine rings is 1. The lowest BCUT2D eigenvalue weighted by Crippen LogP contribution is -2.38. The molecule has 2 aromatic rings. The number of nitrogens with zero attached hydrogens (tertiary/aromatic N) is 2. The first kappa shape index (κ1) is 18.9. The minimum absolute atomic E-state index is 0.160. The van der Waals surface area contributed by atoms with Gasteiger partial charge in [-0.25, -0.2) is 0 Å². The summed E-state index contributed by atoms with van der Waals surface area (Å²) in [6, 6.07) is 5.19. The molecule has 140 valence electrons. The normalized spacial score (nSPS) is 15.3. The Bertz CT molecular complexity index is 844. The van der Waals surface area contributed by atoms with Gasteiger partial charge in [0.25, 0.3) is 5.91 Å². The maximum Gasteiger partial charge on any atom is 0.256 e. The van der Waals surface area contributed by atoms with Crippen molar-refractivity contribution >= 4 is 28.4 Å². The molecule has 1 fully saturated rings. The van der Waals surface area contributed by atoms with Gasteiger partial charge in [0.1, 0.15) is 5.56 Å². The zero-order chi connectivity index (χ0) is 18.5. The molecule has 0 aliphatic carbocycles. The molecule has 1 aromatic heterocycles. The van der Waals surface area contributed by atoms with Crippen LogP contribution < -0.4 is 10.7 Å². The van der Waals surface area contributed by atoms with Crippen molar-refractivity contribution in [1.82, 2.24) is 14.8 Å². The maximum atomic E-state index is 12.7. The van der Waals surface area contributed by atoms with Gasteiger partial charge in [-0.15, -0.1) is 0 Å². The van der Waals surface area contributed by atoms with Crippen molar-refractivity contribution in [1.29, 1.82) is 0 Å². The number of benzene rings is 1. The van der Waals surface area contributed by atoms with Crippen LogP contribution in [-0.4, -0.2) is 54.8 Å². The summed E-state index contributed by atoms with van der Waals surface area (Å²) in [5.74, 6) is -0.332. The van der Waals surface area contributed by atoms with E-state index in [1.807, 2.05) is 17.6 Å². The van der Waals surface area contributed by atoms with Crippen LogP contribution in [-0.2, 0) is 11.3 Å². The van der Waals surface area contributed by atoms with Gasteiger partial charge in [0.2, 0.25) is 5.43 Å². The summed E-state index contributed by atoms with van der Waals surface area (Å²) in [5, 5.41) is 3.83. The molecule has 2 heterocycles. The molecule has 1 aliphatic rings. The molecule has 1 aromatic carbocycles. The van der Waals surface area contributed by atoms with Crippen molar-refractivity contribution in [3.8, 4) is 0 Å². The first-order chi connectivity index (χ1) is 12.6. The molecule has 0 bridgehead atoms. The van der Waals surface area contributed by atoms with E-state index in [4.69, 9.17) is 16.3 Å². The molecule has 0 radical (unpaired) electrons. The van der Waals surface area contributed by atoms with Crippen molar-refractivity contribution in [3.63, 3.8) is 0 Å². The highest BCUT2D eigenvalue weighted by atomic mass is 35.5. The second-order valence-electron chi connectivity index (χ2n) is 6.38. The van der Waals surface area contributed by atoms with Crippen LogP contribution in [0, 0.1) is 0 Å². The van der Waals surface area contributed by atoms with Crippen molar-refractivity contribution < 1.29 is 9.53 Å². The third-order valence-corrected chi connectivity index (χ3v) is 4.90. The van der Waals surface area contributed by atoms with Crippen LogP contribution in [0.25, 0.3) is 10.9 Å². The molecule has 1 aliphatic heterocycles. The fourth-order valence-electron chi connectivity index (χ4n) is 3.22. The zero-order valence-electron chi connectivity index (χ0n) is 15.0. The molecule has 0 spiro atoms. The number of carbonyl (C=O) groups excluding carboxylic acids is 1. The molecule has 6 nitrogen and oxygen atoms in total. The van der Waals surface area contributed by atoms with Gasteiger partial charge in [-0.1, -0.05) is 11.6 Å². The number of aromatic nitrogens is 1. The van der Waals surface area contributed by atoms with E-state index in [-0.39, 0.29) is 16.9 Å². The first-order valence-electron chi connectivity index (χ1n) is 9.01. The molecule has 0 saturated carbocycles. The number of ether oxygens (including phenoxy) is 1. The number of hydrogen-bond donors (Lipinski definition) is 1. The Morgan fingerprint density at radius 2 is 2.08 bits per heavy atom. The van der Waals surface area contributed by atoms with Crippen molar-refractivity contribution in [3.05, 3.63) is 45.2 Å². The standard InChI is InChI=1S/C19H24ClN3O3/c1-2-23-13-16(18(24)15-12-14(20)4-5-17(15)23)19(25)21-6-3-7-22-8-10-26-11-9-22/h4-5,12-13H,2-3,6-11H2,1H3,(H,21,25). The van der Waals surface area contributed by atoms with E-state index in [0.29, 0.717) is 23.5 Å². The van der Waals surface area contributed by atoms with Gasteiger partial charge in [0.15, 0.2) is 0 Å². The molecular formula is C19H24ClN3O3. The van der Waals surface area contributed by atoms with E-state index in [1.165, 1.54) is 0 Å². The van der Waals surface area contributed by atoms with Crippen molar-refractivity contribution in [2.24, 2.45) is 0 Å². The molecule has 26 heavy (non-hydrogen) atoms. The van der Waals surface area contributed by atoms with Gasteiger partial charge in [-0.05, 0) is 38.1 Å². The smallest absolute Gasteiger partial charge is 0.256 e. The number of fused-ring (bicyclic) bond motifs is 1. The molecule has 0 atom stereocenters. The summed E-state index contributed by atoms with van der Waals surface area (Å²) in [5.41, 5.74) is 0.664. The maximum absolute atomic E-state index is 12.7. The second-order valence-corrected chi connectivity index (χ2v) is 6.82. The van der Waals surface area contributed by atoms with Crippen LogP contribution in [0.1, 0.15) is 23.7 Å². The van der Waals surface area contributed by atoms with Gasteiger partial charge < -0.3 is 14.6 Å². The van der Waals surface area contributed by atoms with E-state index in [1.54, 1.807) is 18.3 Å². The van der Waals surface area contributed by atoms with E-state index >= 15 is 0 Å². The number of hydrogen-bond acceptors (Lipinski definition) is 4. The van der Waals surface area contributed by atoms with Crippen LogP contribution in [0.4, 0.5) is 0 Å². The van der Waals surface area contributed by atoms with Crippen molar-refractivity contribution in [2.75, 3.05) is 39.4 Å². The van der Waals surface area contributed by atoms with Gasteiger partial charge in [-0.2, -0.15) is 0 Å². The average molecular weight is 378 g/mol. The van der Waals surface area contributed by atoms with Crippen LogP contribution in [0.2, 0.25) is 5.02 Å². The van der Waals surface area contributed by atoms with E-state index in [2.05, 4.69) is 10.2 Å². The summed E-state index contributed by atoms with van der Waals surface area (Å²) in [6.45, 7) is 7.48. The molecule has 1 amide bonds. The highest BCUT2D eigenvalue weighted by Gasteiger charge is 2.15. The molecule has 7 heteroatoms. The molecular weight excluding hydrogens is 354 g/mol. The Morgan fingerprint density at radius 1 is 1.31 bits per heavy atom. The Labute approximate surface area is 157 Å². The quantitative estimate of drug-likeness (QED) is 0.783. The van der Waals surface area contributed by atoms with Gasteiger partial charge in [0, 0.05) is 42.8 Å². The molecule has 3 rings (SSSR count). The third-order valence-electron chi connectivity index (χ3n) is 4.67. The lowest BCUT2D eigenvalue weighted by molar-refractivity contribution is 0.0374. The number of pyridine rings is 1. The fourth-order valence-corrected chi connectivity index (χ4v) is 3.39. The van der Waals surface area contributed by atoms with Crippen LogP contribution in [0.15, 0.2) is 29.2 Å². The summed E-state index contributed by atoms with van der Waals surface area (Å²) in [7, 11) is 0. The summed E-state index contributed by atoms with van der Waals surface area (Å²) < 4.78 is 7.22. The SMILES string of the molecule is CCn1cc(C(=O)NCCCN2CCOCC2)c(=O)c2cc(Cl)ccc21. The number of rotatable bonds is 6.